The maximum atomic E-state index is 15.0. The first-order valence-corrected chi connectivity index (χ1v) is 14.1. The number of methoxy groups -OCH3 is 1. The van der Waals surface area contributed by atoms with E-state index >= 15 is 0 Å². The normalized spacial score (nSPS) is 23.0. The molecule has 2 aliphatic heterocycles. The van der Waals surface area contributed by atoms with E-state index in [0.717, 1.165) is 23.8 Å². The van der Waals surface area contributed by atoms with Crippen molar-refractivity contribution in [2.75, 3.05) is 39.9 Å². The summed E-state index contributed by atoms with van der Waals surface area (Å²) in [4.78, 5) is 36.5. The number of hydrogen-bond acceptors (Lipinski definition) is 8. The van der Waals surface area contributed by atoms with Crippen molar-refractivity contribution in [2.45, 2.75) is 56.8 Å². The summed E-state index contributed by atoms with van der Waals surface area (Å²) in [6.07, 6.45) is 0.318. The van der Waals surface area contributed by atoms with E-state index in [-0.39, 0.29) is 49.7 Å². The lowest BCUT2D eigenvalue weighted by molar-refractivity contribution is -0.256. The fourth-order valence-electron chi connectivity index (χ4n) is 6.02. The Hall–Kier alpha value is -3.32. The molecule has 2 atom stereocenters. The highest BCUT2D eigenvalue weighted by Crippen LogP contribution is 2.53. The number of β-amino-alcohol motifs (C(OH)–C–C–N with tert-alkyl or cyclic N) is 1. The molecule has 1 aromatic carbocycles. The third-order valence-corrected chi connectivity index (χ3v) is 8.75. The number of esters is 1. The van der Waals surface area contributed by atoms with E-state index in [0.29, 0.717) is 37.4 Å². The molecule has 1 aromatic heterocycles. The minimum Gasteiger partial charge on any atom is -0.476 e. The Labute approximate surface area is 240 Å². The molecule has 0 radical (unpaired) electrons. The van der Waals surface area contributed by atoms with Crippen molar-refractivity contribution in [1.29, 1.82) is 0 Å². The van der Waals surface area contributed by atoms with Crippen LogP contribution >= 0.6 is 0 Å². The van der Waals surface area contributed by atoms with Crippen molar-refractivity contribution in [3.63, 3.8) is 0 Å². The highest BCUT2D eigenvalue weighted by Gasteiger charge is 2.58. The number of aliphatic hydroxyl groups is 1. The SMILES string of the molecule is COC(=O)[C@@H]1C[C@@H](O)CN1C(=O)c1ccc(-c2cnc(OCC3CCN(CC4(C(F)(F)F)CCC4)CC3)cn2)cc1F. The summed E-state index contributed by atoms with van der Waals surface area (Å²) in [6, 6.07) is 2.97. The lowest BCUT2D eigenvalue weighted by Crippen LogP contribution is -2.53. The summed E-state index contributed by atoms with van der Waals surface area (Å²) in [7, 11) is 1.18. The summed E-state index contributed by atoms with van der Waals surface area (Å²) in [6.45, 7) is 1.53. The molecule has 1 saturated carbocycles. The zero-order chi connectivity index (χ0) is 30.1. The first-order valence-electron chi connectivity index (χ1n) is 14.1. The standard InChI is InChI=1S/C29H34F4N4O5/c1-41-27(40)24-12-20(38)15-37(24)26(39)21-4-3-19(11-22(21)30)23-13-35-25(14-34-23)42-16-18-5-9-36(10-6-18)17-28(7-2-8-28)29(31,32)33/h3-4,11,13-14,18,20,24,38H,2,5-10,12,15-17H2,1H3/t20-,24+/m1/s1. The lowest BCUT2D eigenvalue weighted by atomic mass is 9.67. The van der Waals surface area contributed by atoms with Crippen molar-refractivity contribution >= 4 is 11.9 Å². The fourth-order valence-corrected chi connectivity index (χ4v) is 6.02. The Morgan fingerprint density at radius 1 is 1.14 bits per heavy atom. The van der Waals surface area contributed by atoms with E-state index in [1.807, 2.05) is 4.90 Å². The topological polar surface area (TPSA) is 105 Å². The number of alkyl halides is 3. The van der Waals surface area contributed by atoms with Gasteiger partial charge in [-0.05, 0) is 56.8 Å². The molecule has 9 nitrogen and oxygen atoms in total. The number of benzene rings is 1. The van der Waals surface area contributed by atoms with Crippen LogP contribution in [0.25, 0.3) is 11.3 Å². The molecule has 2 aromatic rings. The van der Waals surface area contributed by atoms with Gasteiger partial charge in [-0.1, -0.05) is 12.5 Å². The number of nitrogens with zero attached hydrogens (tertiary/aromatic N) is 4. The molecule has 228 valence electrons. The zero-order valence-corrected chi connectivity index (χ0v) is 23.3. The molecule has 3 heterocycles. The first kappa shape index (κ1) is 30.1. The van der Waals surface area contributed by atoms with Crippen LogP contribution in [0.2, 0.25) is 0 Å². The Kier molecular flexibility index (Phi) is 8.70. The predicted molar refractivity (Wildman–Crippen MR) is 142 cm³/mol. The quantitative estimate of drug-likeness (QED) is 0.363. The van der Waals surface area contributed by atoms with Crippen LogP contribution in [-0.2, 0) is 9.53 Å². The van der Waals surface area contributed by atoms with Crippen molar-refractivity contribution in [2.24, 2.45) is 11.3 Å². The molecule has 1 amide bonds. The van der Waals surface area contributed by atoms with Crippen LogP contribution in [0.5, 0.6) is 5.88 Å². The molecule has 3 fully saturated rings. The van der Waals surface area contributed by atoms with Crippen LogP contribution in [0.1, 0.15) is 48.9 Å². The van der Waals surface area contributed by atoms with E-state index in [4.69, 9.17) is 9.47 Å². The summed E-state index contributed by atoms with van der Waals surface area (Å²) >= 11 is 0. The first-order chi connectivity index (χ1) is 20.0. The molecule has 13 heteroatoms. The van der Waals surface area contributed by atoms with E-state index in [9.17, 15) is 32.3 Å². The smallest absolute Gasteiger partial charge is 0.395 e. The minimum atomic E-state index is -4.16. The van der Waals surface area contributed by atoms with E-state index in [1.54, 1.807) is 0 Å². The van der Waals surface area contributed by atoms with Gasteiger partial charge in [-0.2, -0.15) is 13.2 Å². The van der Waals surface area contributed by atoms with Crippen molar-refractivity contribution < 1.29 is 41.7 Å². The van der Waals surface area contributed by atoms with Crippen molar-refractivity contribution in [3.05, 3.63) is 42.0 Å². The molecule has 42 heavy (non-hydrogen) atoms. The molecule has 0 unspecified atom stereocenters. The van der Waals surface area contributed by atoms with Crippen LogP contribution < -0.4 is 4.74 Å². The summed E-state index contributed by atoms with van der Waals surface area (Å²) in [5.41, 5.74) is -1.06. The van der Waals surface area contributed by atoms with Crippen LogP contribution in [0.4, 0.5) is 17.6 Å². The monoisotopic (exact) mass is 594 g/mol. The number of halogens is 4. The highest BCUT2D eigenvalue weighted by atomic mass is 19.4. The fraction of sp³-hybridized carbons (Fsp3) is 0.586. The van der Waals surface area contributed by atoms with Crippen molar-refractivity contribution in [3.8, 4) is 17.1 Å². The number of carbonyl (C=O) groups is 2. The second-order valence-electron chi connectivity index (χ2n) is 11.5. The Bertz CT molecular complexity index is 1280. The van der Waals surface area contributed by atoms with Crippen LogP contribution in [0.3, 0.4) is 0 Å². The number of piperidine rings is 1. The second-order valence-corrected chi connectivity index (χ2v) is 11.5. The Morgan fingerprint density at radius 3 is 2.45 bits per heavy atom. The Morgan fingerprint density at radius 2 is 1.88 bits per heavy atom. The molecular weight excluding hydrogens is 560 g/mol. The molecule has 2 saturated heterocycles. The summed E-state index contributed by atoms with van der Waals surface area (Å²) < 4.78 is 66.0. The molecule has 5 rings (SSSR count). The molecule has 0 spiro atoms. The third kappa shape index (κ3) is 6.22. The van der Waals surface area contributed by atoms with Gasteiger partial charge in [-0.3, -0.25) is 4.79 Å². The number of amides is 1. The largest absolute Gasteiger partial charge is 0.476 e. The van der Waals surface area contributed by atoms with Gasteiger partial charge in [0.1, 0.15) is 11.9 Å². The van der Waals surface area contributed by atoms with Gasteiger partial charge >= 0.3 is 12.1 Å². The number of hydrogen-bond donors (Lipinski definition) is 1. The van der Waals surface area contributed by atoms with Gasteiger partial charge in [0.2, 0.25) is 5.88 Å². The average molecular weight is 595 g/mol. The lowest BCUT2D eigenvalue weighted by Gasteiger charge is -2.47. The molecule has 0 bridgehead atoms. The molecule has 1 aliphatic carbocycles. The van der Waals surface area contributed by atoms with Crippen LogP contribution in [-0.4, -0.2) is 95.0 Å². The highest BCUT2D eigenvalue weighted by molar-refractivity contribution is 5.97. The maximum Gasteiger partial charge on any atom is 0.395 e. The van der Waals surface area contributed by atoms with Crippen LogP contribution in [0.15, 0.2) is 30.6 Å². The van der Waals surface area contributed by atoms with E-state index in [1.165, 1.54) is 31.6 Å². The van der Waals surface area contributed by atoms with Gasteiger partial charge in [0.25, 0.3) is 5.91 Å². The van der Waals surface area contributed by atoms with Crippen LogP contribution in [0, 0.1) is 17.2 Å². The number of likely N-dealkylation sites (tertiary alicyclic amines) is 2. The molecular formula is C29H34F4N4O5. The van der Waals surface area contributed by atoms with Gasteiger partial charge in [0.15, 0.2) is 0 Å². The number of ether oxygens (including phenoxy) is 2. The van der Waals surface area contributed by atoms with E-state index in [2.05, 4.69) is 9.97 Å². The number of carbonyl (C=O) groups excluding carboxylic acids is 2. The van der Waals surface area contributed by atoms with Crippen molar-refractivity contribution in [1.82, 2.24) is 19.8 Å². The van der Waals surface area contributed by atoms with Gasteiger partial charge < -0.3 is 24.4 Å². The number of aliphatic hydroxyl groups excluding tert-OH is 1. The molecule has 1 N–H and O–H groups in total. The third-order valence-electron chi connectivity index (χ3n) is 8.75. The van der Waals surface area contributed by atoms with Gasteiger partial charge in [-0.15, -0.1) is 0 Å². The molecule has 3 aliphatic rings. The van der Waals surface area contributed by atoms with E-state index < -0.39 is 41.4 Å². The maximum absolute atomic E-state index is 15.0. The second kappa shape index (κ2) is 12.1. The number of aromatic nitrogens is 2. The Balaban J connectivity index is 1.13. The van der Waals surface area contributed by atoms with Gasteiger partial charge in [0.05, 0.1) is 48.9 Å². The zero-order valence-electron chi connectivity index (χ0n) is 23.3. The van der Waals surface area contributed by atoms with Gasteiger partial charge in [-0.25, -0.2) is 19.2 Å². The predicted octanol–water partition coefficient (Wildman–Crippen LogP) is 3.85. The summed E-state index contributed by atoms with van der Waals surface area (Å²) in [5, 5.41) is 9.93. The average Bonchev–Trinajstić information content (AvgIpc) is 3.35. The number of rotatable bonds is 8. The summed E-state index contributed by atoms with van der Waals surface area (Å²) in [5.74, 6) is -1.74. The van der Waals surface area contributed by atoms with Gasteiger partial charge in [0, 0.05) is 25.1 Å². The minimum absolute atomic E-state index is 0.0178.